The highest BCUT2D eigenvalue weighted by molar-refractivity contribution is 6.39. The zero-order valence-corrected chi connectivity index (χ0v) is 19.0. The van der Waals surface area contributed by atoms with E-state index in [-0.39, 0.29) is 38.9 Å². The standard InChI is InChI=1S/C22H21Cl2F2N5O2/c23-14-9-27-10-15(24)19(14)29-22-28-16-8-13(17(32)7-6-12-4-2-1-3-5-12)21(30-20(16)31-22)33-11-18(25)26/h6-10,12,18H,1-5,11H2,(H2,27,28,29,30,31)/b7-6+. The number of carbonyl (C=O) groups excluding carboxylic acids is 1. The molecule has 1 fully saturated rings. The highest BCUT2D eigenvalue weighted by atomic mass is 35.5. The average molecular weight is 496 g/mol. The zero-order valence-electron chi connectivity index (χ0n) is 17.5. The molecule has 3 aromatic heterocycles. The highest BCUT2D eigenvalue weighted by Gasteiger charge is 2.19. The summed E-state index contributed by atoms with van der Waals surface area (Å²) in [6.07, 6.45) is 9.02. The Bertz CT molecular complexity index is 1160. The second-order valence-electron chi connectivity index (χ2n) is 7.72. The molecule has 3 aromatic rings. The monoisotopic (exact) mass is 495 g/mol. The minimum Gasteiger partial charge on any atom is -0.471 e. The maximum atomic E-state index is 12.9. The van der Waals surface area contributed by atoms with E-state index in [2.05, 4.69) is 25.3 Å². The molecule has 0 amide bonds. The summed E-state index contributed by atoms with van der Waals surface area (Å²) in [5.74, 6) is 0.0139. The SMILES string of the molecule is O=C(/C=C/C1CCCCC1)c1cc2[nH]c(Nc3c(Cl)cncc3Cl)nc2nc1OCC(F)F. The number of hydrogen-bond donors (Lipinski definition) is 2. The van der Waals surface area contributed by atoms with Crippen molar-refractivity contribution in [3.63, 3.8) is 0 Å². The van der Waals surface area contributed by atoms with Crippen LogP contribution < -0.4 is 10.1 Å². The van der Waals surface area contributed by atoms with Gasteiger partial charge in [-0.15, -0.1) is 0 Å². The number of ether oxygens (including phenoxy) is 1. The van der Waals surface area contributed by atoms with Gasteiger partial charge in [0.1, 0.15) is 0 Å². The Morgan fingerprint density at radius 3 is 2.64 bits per heavy atom. The summed E-state index contributed by atoms with van der Waals surface area (Å²) < 4.78 is 30.7. The molecule has 11 heteroatoms. The number of fused-ring (bicyclic) bond motifs is 1. The Morgan fingerprint density at radius 1 is 1.21 bits per heavy atom. The molecule has 3 heterocycles. The molecule has 4 rings (SSSR count). The van der Waals surface area contributed by atoms with Crippen molar-refractivity contribution in [3.05, 3.63) is 46.2 Å². The van der Waals surface area contributed by atoms with Gasteiger partial charge in [0, 0.05) is 12.4 Å². The van der Waals surface area contributed by atoms with Gasteiger partial charge in [-0.1, -0.05) is 48.5 Å². The first-order valence-electron chi connectivity index (χ1n) is 10.5. The van der Waals surface area contributed by atoms with E-state index in [0.29, 0.717) is 17.1 Å². The van der Waals surface area contributed by atoms with Crippen molar-refractivity contribution in [2.24, 2.45) is 5.92 Å². The minimum absolute atomic E-state index is 0.0744. The van der Waals surface area contributed by atoms with Gasteiger partial charge in [-0.05, 0) is 30.9 Å². The lowest BCUT2D eigenvalue weighted by molar-refractivity contribution is 0.0783. The first kappa shape index (κ1) is 23.4. The molecule has 0 spiro atoms. The summed E-state index contributed by atoms with van der Waals surface area (Å²) in [5.41, 5.74) is 1.05. The molecular formula is C22H21Cl2F2N5O2. The van der Waals surface area contributed by atoms with Gasteiger partial charge in [-0.3, -0.25) is 9.78 Å². The van der Waals surface area contributed by atoms with E-state index in [4.69, 9.17) is 27.9 Å². The van der Waals surface area contributed by atoms with E-state index in [1.54, 1.807) is 0 Å². The van der Waals surface area contributed by atoms with Crippen molar-refractivity contribution in [2.75, 3.05) is 11.9 Å². The normalized spacial score (nSPS) is 14.9. The molecule has 0 saturated heterocycles. The van der Waals surface area contributed by atoms with Gasteiger partial charge in [0.2, 0.25) is 11.8 Å². The molecule has 0 aromatic carbocycles. The lowest BCUT2D eigenvalue weighted by Crippen LogP contribution is -2.11. The summed E-state index contributed by atoms with van der Waals surface area (Å²) in [4.78, 5) is 28.3. The molecule has 0 atom stereocenters. The summed E-state index contributed by atoms with van der Waals surface area (Å²) in [6.45, 7) is -0.886. The fourth-order valence-corrected chi connectivity index (χ4v) is 4.16. The maximum Gasteiger partial charge on any atom is 0.272 e. The van der Waals surface area contributed by atoms with Gasteiger partial charge in [-0.25, -0.2) is 8.78 Å². The fraction of sp³-hybridized carbons (Fsp3) is 0.364. The Hall–Kier alpha value is -2.78. The number of ketones is 1. The molecule has 0 bridgehead atoms. The molecule has 0 unspecified atom stereocenters. The molecular weight excluding hydrogens is 475 g/mol. The summed E-state index contributed by atoms with van der Waals surface area (Å²) >= 11 is 12.3. The molecule has 174 valence electrons. The smallest absolute Gasteiger partial charge is 0.272 e. The van der Waals surface area contributed by atoms with E-state index in [0.717, 1.165) is 25.7 Å². The first-order chi connectivity index (χ1) is 15.9. The molecule has 0 radical (unpaired) electrons. The predicted molar refractivity (Wildman–Crippen MR) is 123 cm³/mol. The number of carbonyl (C=O) groups is 1. The van der Waals surface area contributed by atoms with Crippen LogP contribution in [0.2, 0.25) is 10.0 Å². The largest absolute Gasteiger partial charge is 0.471 e. The number of hydrogen-bond acceptors (Lipinski definition) is 6. The highest BCUT2D eigenvalue weighted by Crippen LogP contribution is 2.32. The number of imidazole rings is 1. The van der Waals surface area contributed by atoms with Gasteiger partial charge in [0.15, 0.2) is 18.0 Å². The van der Waals surface area contributed by atoms with E-state index in [9.17, 15) is 13.6 Å². The maximum absolute atomic E-state index is 12.9. The van der Waals surface area contributed by atoms with Gasteiger partial charge in [-0.2, -0.15) is 9.97 Å². The summed E-state index contributed by atoms with van der Waals surface area (Å²) in [6, 6.07) is 1.49. The second kappa shape index (κ2) is 10.4. The lowest BCUT2D eigenvalue weighted by atomic mass is 9.89. The molecule has 1 aliphatic rings. The number of anilines is 2. The van der Waals surface area contributed by atoms with Crippen LogP contribution in [0, 0.1) is 5.92 Å². The van der Waals surface area contributed by atoms with Crippen molar-refractivity contribution in [2.45, 2.75) is 38.5 Å². The van der Waals surface area contributed by atoms with Crippen LogP contribution in [-0.2, 0) is 0 Å². The molecule has 1 saturated carbocycles. The van der Waals surface area contributed by atoms with Crippen molar-refractivity contribution in [1.82, 2.24) is 19.9 Å². The van der Waals surface area contributed by atoms with E-state index in [1.807, 2.05) is 6.08 Å². The molecule has 0 aliphatic heterocycles. The van der Waals surface area contributed by atoms with Crippen LogP contribution >= 0.6 is 23.2 Å². The Kier molecular flexibility index (Phi) is 7.39. The number of aromatic amines is 1. The number of H-pyrrole nitrogens is 1. The third-order valence-corrected chi connectivity index (χ3v) is 5.89. The van der Waals surface area contributed by atoms with Crippen molar-refractivity contribution < 1.29 is 18.3 Å². The third kappa shape index (κ3) is 5.78. The number of allylic oxidation sites excluding steroid dienone is 2. The topological polar surface area (TPSA) is 92.8 Å². The number of nitrogens with zero attached hydrogens (tertiary/aromatic N) is 3. The van der Waals surface area contributed by atoms with Gasteiger partial charge < -0.3 is 15.0 Å². The van der Waals surface area contributed by atoms with Crippen LogP contribution in [0.1, 0.15) is 42.5 Å². The van der Waals surface area contributed by atoms with Crippen molar-refractivity contribution >= 4 is 51.8 Å². The average Bonchev–Trinajstić information content (AvgIpc) is 3.20. The van der Waals surface area contributed by atoms with Crippen LogP contribution in [0.4, 0.5) is 20.4 Å². The number of alkyl halides is 2. The van der Waals surface area contributed by atoms with Crippen LogP contribution in [0.5, 0.6) is 5.88 Å². The first-order valence-corrected chi connectivity index (χ1v) is 11.3. The summed E-state index contributed by atoms with van der Waals surface area (Å²) in [7, 11) is 0. The predicted octanol–water partition coefficient (Wildman–Crippen LogP) is 6.37. The lowest BCUT2D eigenvalue weighted by Gasteiger charge is -2.17. The Labute approximate surface area is 198 Å². The minimum atomic E-state index is -2.71. The molecule has 33 heavy (non-hydrogen) atoms. The van der Waals surface area contributed by atoms with Crippen molar-refractivity contribution in [1.29, 1.82) is 0 Å². The van der Waals surface area contributed by atoms with Gasteiger partial charge in [0.05, 0.1) is 26.8 Å². The Balaban J connectivity index is 1.64. The number of nitrogens with one attached hydrogen (secondary N) is 2. The molecule has 1 aliphatic carbocycles. The van der Waals surface area contributed by atoms with E-state index in [1.165, 1.54) is 31.0 Å². The van der Waals surface area contributed by atoms with E-state index < -0.39 is 13.0 Å². The number of halogens is 4. The quantitative estimate of drug-likeness (QED) is 0.278. The fourth-order valence-electron chi connectivity index (χ4n) is 3.70. The van der Waals surface area contributed by atoms with Crippen LogP contribution in [0.3, 0.4) is 0 Å². The van der Waals surface area contributed by atoms with Gasteiger partial charge in [0.25, 0.3) is 6.43 Å². The summed E-state index contributed by atoms with van der Waals surface area (Å²) in [5, 5.41) is 3.50. The zero-order chi connectivity index (χ0) is 23.4. The van der Waals surface area contributed by atoms with E-state index >= 15 is 0 Å². The number of pyridine rings is 2. The second-order valence-corrected chi connectivity index (χ2v) is 8.54. The molecule has 7 nitrogen and oxygen atoms in total. The van der Waals surface area contributed by atoms with Crippen molar-refractivity contribution in [3.8, 4) is 5.88 Å². The number of rotatable bonds is 8. The van der Waals surface area contributed by atoms with Crippen LogP contribution in [0.25, 0.3) is 11.2 Å². The van der Waals surface area contributed by atoms with Crippen LogP contribution in [-0.4, -0.2) is 38.8 Å². The Morgan fingerprint density at radius 2 is 1.94 bits per heavy atom. The molecule has 2 N–H and O–H groups in total. The van der Waals surface area contributed by atoms with Gasteiger partial charge >= 0.3 is 0 Å². The van der Waals surface area contributed by atoms with Crippen LogP contribution in [0.15, 0.2) is 30.6 Å². The number of aromatic nitrogens is 4. The third-order valence-electron chi connectivity index (χ3n) is 5.32.